The Morgan fingerprint density at radius 2 is 2.17 bits per heavy atom. The summed E-state index contributed by atoms with van der Waals surface area (Å²) in [6.07, 6.45) is 1.56. The second kappa shape index (κ2) is 5.35. The summed E-state index contributed by atoms with van der Waals surface area (Å²) >= 11 is 3.38. The van der Waals surface area contributed by atoms with Crippen LogP contribution in [0.3, 0.4) is 0 Å². The number of hydrogen-bond acceptors (Lipinski definition) is 3. The van der Waals surface area contributed by atoms with E-state index >= 15 is 0 Å². The van der Waals surface area contributed by atoms with Crippen LogP contribution in [0.15, 0.2) is 34.9 Å². The molecule has 0 saturated heterocycles. The van der Waals surface area contributed by atoms with Gasteiger partial charge in [0.05, 0.1) is 13.3 Å². The van der Waals surface area contributed by atoms with E-state index in [2.05, 4.69) is 21.0 Å². The average molecular weight is 309 g/mol. The lowest BCUT2D eigenvalue weighted by Crippen LogP contribution is -2.12. The molecule has 0 bridgehead atoms. The van der Waals surface area contributed by atoms with Crippen LogP contribution in [0.2, 0.25) is 0 Å². The highest BCUT2D eigenvalue weighted by molar-refractivity contribution is 9.10. The Kier molecular flexibility index (Phi) is 3.81. The third kappa shape index (κ3) is 2.18. The van der Waals surface area contributed by atoms with E-state index in [1.165, 1.54) is 7.11 Å². The smallest absolute Gasteiger partial charge is 0.215 e. The first kappa shape index (κ1) is 12.8. The quantitative estimate of drug-likeness (QED) is 0.816. The molecule has 0 unspecified atom stereocenters. The van der Waals surface area contributed by atoms with Crippen LogP contribution in [0.1, 0.15) is 23.0 Å². The molecule has 1 heterocycles. The number of carbonyl (C=O) groups excluding carboxylic acids is 1. The molecule has 1 aromatic carbocycles. The summed E-state index contributed by atoms with van der Waals surface area (Å²) in [7, 11) is 1.54. The number of aromatic nitrogens is 2. The van der Waals surface area contributed by atoms with Gasteiger partial charge in [0.2, 0.25) is 5.78 Å². The van der Waals surface area contributed by atoms with Crippen molar-refractivity contribution in [2.45, 2.75) is 13.5 Å². The molecule has 1 aromatic heterocycles. The Bertz CT molecular complexity index is 557. The second-order valence-electron chi connectivity index (χ2n) is 3.69. The van der Waals surface area contributed by atoms with Gasteiger partial charge in [-0.1, -0.05) is 28.1 Å². The topological polar surface area (TPSA) is 44.1 Å². The molecule has 0 aliphatic rings. The molecular formula is C13H13BrN2O2. The third-order valence-electron chi connectivity index (χ3n) is 2.66. The van der Waals surface area contributed by atoms with Gasteiger partial charge in [-0.2, -0.15) is 5.10 Å². The van der Waals surface area contributed by atoms with Crippen LogP contribution in [0.25, 0.3) is 0 Å². The summed E-state index contributed by atoms with van der Waals surface area (Å²) in [4.78, 5) is 12.5. The van der Waals surface area contributed by atoms with Gasteiger partial charge in [-0.25, -0.2) is 0 Å². The molecule has 5 heteroatoms. The fourth-order valence-corrected chi connectivity index (χ4v) is 2.22. The van der Waals surface area contributed by atoms with E-state index in [4.69, 9.17) is 4.74 Å². The summed E-state index contributed by atoms with van der Waals surface area (Å²) in [5.41, 5.74) is 1.08. The van der Waals surface area contributed by atoms with Gasteiger partial charge in [0.25, 0.3) is 0 Å². The first-order chi connectivity index (χ1) is 8.69. The molecule has 2 rings (SSSR count). The summed E-state index contributed by atoms with van der Waals surface area (Å²) in [5, 5.41) is 4.14. The number of ketones is 1. The molecule has 18 heavy (non-hydrogen) atoms. The van der Waals surface area contributed by atoms with Crippen molar-refractivity contribution in [3.8, 4) is 5.75 Å². The van der Waals surface area contributed by atoms with E-state index in [1.54, 1.807) is 16.9 Å². The van der Waals surface area contributed by atoms with Gasteiger partial charge in [0.15, 0.2) is 11.4 Å². The molecule has 0 spiro atoms. The minimum Gasteiger partial charge on any atom is -0.493 e. The number of hydrogen-bond donors (Lipinski definition) is 0. The molecular weight excluding hydrogens is 296 g/mol. The van der Waals surface area contributed by atoms with Crippen LogP contribution in [0.5, 0.6) is 5.75 Å². The molecule has 0 aliphatic heterocycles. The predicted molar refractivity (Wildman–Crippen MR) is 72.0 cm³/mol. The van der Waals surface area contributed by atoms with Crippen LogP contribution in [-0.4, -0.2) is 22.7 Å². The standard InChI is InChI=1S/C13H13BrN2O2/c1-3-16-12(11(18-2)8-15-16)13(17)9-6-4-5-7-10(9)14/h4-8H,3H2,1-2H3. The van der Waals surface area contributed by atoms with Crippen molar-refractivity contribution in [3.63, 3.8) is 0 Å². The fourth-order valence-electron chi connectivity index (χ4n) is 1.76. The summed E-state index contributed by atoms with van der Waals surface area (Å²) in [6, 6.07) is 7.32. The van der Waals surface area contributed by atoms with Crippen molar-refractivity contribution in [2.24, 2.45) is 0 Å². The SMILES string of the molecule is CCn1ncc(OC)c1C(=O)c1ccccc1Br. The summed E-state index contributed by atoms with van der Waals surface area (Å²) in [6.45, 7) is 2.55. The molecule has 0 N–H and O–H groups in total. The Balaban J connectivity index is 2.52. The third-order valence-corrected chi connectivity index (χ3v) is 3.35. The Morgan fingerprint density at radius 3 is 2.78 bits per heavy atom. The zero-order valence-electron chi connectivity index (χ0n) is 10.2. The first-order valence-corrected chi connectivity index (χ1v) is 6.37. The summed E-state index contributed by atoms with van der Waals surface area (Å²) < 4.78 is 7.60. The maximum absolute atomic E-state index is 12.5. The average Bonchev–Trinajstić information content (AvgIpc) is 2.81. The maximum atomic E-state index is 12.5. The van der Waals surface area contributed by atoms with Gasteiger partial charge < -0.3 is 4.74 Å². The van der Waals surface area contributed by atoms with E-state index < -0.39 is 0 Å². The van der Waals surface area contributed by atoms with E-state index in [0.29, 0.717) is 23.6 Å². The van der Waals surface area contributed by atoms with Gasteiger partial charge in [-0.15, -0.1) is 0 Å². The van der Waals surface area contributed by atoms with E-state index in [1.807, 2.05) is 25.1 Å². The molecule has 0 saturated carbocycles. The number of ether oxygens (including phenoxy) is 1. The number of benzene rings is 1. The first-order valence-electron chi connectivity index (χ1n) is 5.58. The number of rotatable bonds is 4. The van der Waals surface area contributed by atoms with Gasteiger partial charge in [-0.05, 0) is 19.1 Å². The van der Waals surface area contributed by atoms with E-state index in [0.717, 1.165) is 4.47 Å². The van der Waals surface area contributed by atoms with Crippen LogP contribution in [0, 0.1) is 0 Å². The van der Waals surface area contributed by atoms with Gasteiger partial charge >= 0.3 is 0 Å². The normalized spacial score (nSPS) is 10.4. The van der Waals surface area contributed by atoms with Gasteiger partial charge in [0, 0.05) is 16.6 Å². The summed E-state index contributed by atoms with van der Waals surface area (Å²) in [5.74, 6) is 0.399. The van der Waals surface area contributed by atoms with Crippen LogP contribution < -0.4 is 4.74 Å². The lowest BCUT2D eigenvalue weighted by molar-refractivity contribution is 0.102. The van der Waals surface area contributed by atoms with Crippen molar-refractivity contribution in [2.75, 3.05) is 7.11 Å². The monoisotopic (exact) mass is 308 g/mol. The lowest BCUT2D eigenvalue weighted by atomic mass is 10.1. The van der Waals surface area contributed by atoms with Crippen molar-refractivity contribution >= 4 is 21.7 Å². The lowest BCUT2D eigenvalue weighted by Gasteiger charge is -2.07. The molecule has 2 aromatic rings. The van der Waals surface area contributed by atoms with Gasteiger partial charge in [-0.3, -0.25) is 9.48 Å². The Labute approximate surface area is 114 Å². The zero-order valence-corrected chi connectivity index (χ0v) is 11.8. The minimum atomic E-state index is -0.0984. The van der Waals surface area contributed by atoms with Crippen LogP contribution in [-0.2, 0) is 6.54 Å². The fraction of sp³-hybridized carbons (Fsp3) is 0.231. The van der Waals surface area contributed by atoms with Crippen LogP contribution >= 0.6 is 15.9 Å². The molecule has 94 valence electrons. The van der Waals surface area contributed by atoms with Crippen LogP contribution in [0.4, 0.5) is 0 Å². The van der Waals surface area contributed by atoms with Crippen molar-refractivity contribution < 1.29 is 9.53 Å². The van der Waals surface area contributed by atoms with Crippen molar-refractivity contribution in [3.05, 3.63) is 46.2 Å². The van der Waals surface area contributed by atoms with E-state index in [9.17, 15) is 4.79 Å². The Hall–Kier alpha value is -1.62. The largest absolute Gasteiger partial charge is 0.493 e. The number of aryl methyl sites for hydroxylation is 1. The Morgan fingerprint density at radius 1 is 1.44 bits per heavy atom. The maximum Gasteiger partial charge on any atom is 0.215 e. The highest BCUT2D eigenvalue weighted by Crippen LogP contribution is 2.25. The predicted octanol–water partition coefficient (Wildman–Crippen LogP) is 2.91. The minimum absolute atomic E-state index is 0.0984. The number of methoxy groups -OCH3 is 1. The number of halogens is 1. The molecule has 0 fully saturated rings. The number of carbonyl (C=O) groups is 1. The second-order valence-corrected chi connectivity index (χ2v) is 4.54. The highest BCUT2D eigenvalue weighted by Gasteiger charge is 2.21. The molecule has 0 amide bonds. The van der Waals surface area contributed by atoms with Crippen molar-refractivity contribution in [1.82, 2.24) is 9.78 Å². The van der Waals surface area contributed by atoms with Crippen molar-refractivity contribution in [1.29, 1.82) is 0 Å². The number of nitrogens with zero attached hydrogens (tertiary/aromatic N) is 2. The highest BCUT2D eigenvalue weighted by atomic mass is 79.9. The van der Waals surface area contributed by atoms with Gasteiger partial charge in [0.1, 0.15) is 0 Å². The molecule has 0 aliphatic carbocycles. The molecule has 0 atom stereocenters. The zero-order chi connectivity index (χ0) is 13.1. The van der Waals surface area contributed by atoms with E-state index in [-0.39, 0.29) is 5.78 Å². The molecule has 4 nitrogen and oxygen atoms in total. The molecule has 0 radical (unpaired) electrons.